The lowest BCUT2D eigenvalue weighted by Crippen LogP contribution is -2.04. The van der Waals surface area contributed by atoms with Gasteiger partial charge in [-0.3, -0.25) is 4.57 Å². The van der Waals surface area contributed by atoms with Crippen molar-refractivity contribution in [2.24, 2.45) is 0 Å². The topological polar surface area (TPSA) is 65.4 Å². The summed E-state index contributed by atoms with van der Waals surface area (Å²) in [5.41, 5.74) is 5.48. The Morgan fingerprint density at radius 2 is 1.18 bits per heavy atom. The molecule has 0 bridgehead atoms. The zero-order valence-electron chi connectivity index (χ0n) is 21.1. The van der Waals surface area contributed by atoms with Gasteiger partial charge >= 0.3 is 0 Å². The molecule has 3 heterocycles. The SMILES string of the molecule is N#Cc1c(-n2c3ccccc3c3cc(-c4ccc5sc6ccccc6c5c4)ccc32)nc2ccccc2c1C#N. The van der Waals surface area contributed by atoms with Gasteiger partial charge in [-0.1, -0.05) is 66.7 Å². The van der Waals surface area contributed by atoms with Crippen LogP contribution in [0.1, 0.15) is 11.1 Å². The highest BCUT2D eigenvalue weighted by Crippen LogP contribution is 2.39. The molecular weight excluding hydrogens is 508 g/mol. The average molecular weight is 527 g/mol. The van der Waals surface area contributed by atoms with Crippen molar-refractivity contribution in [2.45, 2.75) is 0 Å². The summed E-state index contributed by atoms with van der Waals surface area (Å²) in [6.07, 6.45) is 0. The smallest absolute Gasteiger partial charge is 0.157 e. The Morgan fingerprint density at radius 3 is 2.00 bits per heavy atom. The summed E-state index contributed by atoms with van der Waals surface area (Å²) in [7, 11) is 0. The van der Waals surface area contributed by atoms with E-state index in [4.69, 9.17) is 4.98 Å². The number of hydrogen-bond donors (Lipinski definition) is 0. The highest BCUT2D eigenvalue weighted by Gasteiger charge is 2.21. The van der Waals surface area contributed by atoms with Crippen LogP contribution in [0.5, 0.6) is 0 Å². The van der Waals surface area contributed by atoms with Crippen LogP contribution in [0.15, 0.2) is 109 Å². The summed E-state index contributed by atoms with van der Waals surface area (Å²) < 4.78 is 4.60. The maximum absolute atomic E-state index is 10.2. The van der Waals surface area contributed by atoms with Gasteiger partial charge < -0.3 is 0 Å². The maximum Gasteiger partial charge on any atom is 0.157 e. The molecule has 0 N–H and O–H groups in total. The van der Waals surface area contributed by atoms with E-state index in [9.17, 15) is 10.5 Å². The summed E-state index contributed by atoms with van der Waals surface area (Å²) >= 11 is 1.82. The monoisotopic (exact) mass is 526 g/mol. The molecule has 0 aliphatic rings. The van der Waals surface area contributed by atoms with Gasteiger partial charge in [-0.05, 0) is 53.6 Å². The first-order valence-electron chi connectivity index (χ1n) is 12.9. The lowest BCUT2D eigenvalue weighted by atomic mass is 10.0. The van der Waals surface area contributed by atoms with Crippen LogP contribution in [-0.2, 0) is 0 Å². The van der Waals surface area contributed by atoms with Gasteiger partial charge in [-0.2, -0.15) is 10.5 Å². The fraction of sp³-hybridized carbons (Fsp3) is 0. The second-order valence-corrected chi connectivity index (χ2v) is 10.9. The molecule has 40 heavy (non-hydrogen) atoms. The van der Waals surface area contributed by atoms with Crippen LogP contribution in [0.25, 0.3) is 69.8 Å². The Balaban J connectivity index is 1.41. The molecule has 4 nitrogen and oxygen atoms in total. The van der Waals surface area contributed by atoms with Gasteiger partial charge in [0.1, 0.15) is 17.7 Å². The van der Waals surface area contributed by atoms with Crippen LogP contribution < -0.4 is 0 Å². The van der Waals surface area contributed by atoms with E-state index in [1.807, 2.05) is 58.4 Å². The van der Waals surface area contributed by atoms with Crippen LogP contribution in [-0.4, -0.2) is 9.55 Å². The minimum Gasteiger partial charge on any atom is -0.293 e. The van der Waals surface area contributed by atoms with Crippen molar-refractivity contribution in [2.75, 3.05) is 0 Å². The first-order chi connectivity index (χ1) is 19.7. The van der Waals surface area contributed by atoms with Gasteiger partial charge in [0, 0.05) is 36.3 Å². The molecule has 184 valence electrons. The fourth-order valence-electron chi connectivity index (χ4n) is 5.87. The largest absolute Gasteiger partial charge is 0.293 e. The molecule has 0 amide bonds. The van der Waals surface area contributed by atoms with E-state index in [1.54, 1.807) is 0 Å². The van der Waals surface area contributed by atoms with Gasteiger partial charge in [0.25, 0.3) is 0 Å². The third-order valence-corrected chi connectivity index (χ3v) is 8.84. The third-order valence-electron chi connectivity index (χ3n) is 7.69. The van der Waals surface area contributed by atoms with Crippen molar-refractivity contribution in [3.8, 4) is 29.1 Å². The van der Waals surface area contributed by atoms with E-state index in [0.717, 1.165) is 32.9 Å². The summed E-state index contributed by atoms with van der Waals surface area (Å²) in [4.78, 5) is 4.93. The molecule has 0 saturated carbocycles. The van der Waals surface area contributed by atoms with Crippen molar-refractivity contribution in [1.82, 2.24) is 9.55 Å². The van der Waals surface area contributed by atoms with E-state index in [2.05, 4.69) is 78.9 Å². The Bertz CT molecular complexity index is 2410. The lowest BCUT2D eigenvalue weighted by molar-refractivity contribution is 1.09. The number of benzene rings is 5. The van der Waals surface area contributed by atoms with E-state index in [-0.39, 0.29) is 5.56 Å². The Labute approximate surface area is 233 Å². The van der Waals surface area contributed by atoms with Crippen molar-refractivity contribution in [3.05, 3.63) is 120 Å². The maximum atomic E-state index is 10.2. The first-order valence-corrected chi connectivity index (χ1v) is 13.7. The van der Waals surface area contributed by atoms with Crippen LogP contribution in [0.3, 0.4) is 0 Å². The molecule has 0 aliphatic carbocycles. The third kappa shape index (κ3) is 3.13. The highest BCUT2D eigenvalue weighted by atomic mass is 32.1. The Hall–Kier alpha value is -5.49. The highest BCUT2D eigenvalue weighted by molar-refractivity contribution is 7.25. The molecular formula is C35H18N4S. The predicted octanol–water partition coefficient (Wildman–Crippen LogP) is 9.11. The van der Waals surface area contributed by atoms with Crippen LogP contribution >= 0.6 is 11.3 Å². The molecule has 5 aromatic carbocycles. The zero-order valence-corrected chi connectivity index (χ0v) is 21.9. The number of rotatable bonds is 2. The molecule has 0 saturated heterocycles. The van der Waals surface area contributed by atoms with Crippen LogP contribution in [0.4, 0.5) is 0 Å². The van der Waals surface area contributed by atoms with Crippen molar-refractivity contribution < 1.29 is 0 Å². The molecule has 0 unspecified atom stereocenters. The van der Waals surface area contributed by atoms with E-state index < -0.39 is 0 Å². The Morgan fingerprint density at radius 1 is 0.550 bits per heavy atom. The summed E-state index contributed by atoms with van der Waals surface area (Å²) in [5, 5.41) is 25.6. The van der Waals surface area contributed by atoms with Gasteiger partial charge in [-0.15, -0.1) is 11.3 Å². The second kappa shape index (κ2) is 8.51. The molecule has 0 radical (unpaired) electrons. The summed E-state index contributed by atoms with van der Waals surface area (Å²) in [5.74, 6) is 0.475. The van der Waals surface area contributed by atoms with Gasteiger partial charge in [0.2, 0.25) is 0 Å². The standard InChI is InChI=1S/C35H18N4S/c36-19-28-23-7-1-4-10-30(23)38-35(29(28)20-37)39-31-11-5-2-8-24(31)26-17-21(13-15-32(26)39)22-14-16-34-27(18-22)25-9-3-6-12-33(25)40-34/h1-18H. The number of thiophene rings is 1. The molecule has 5 heteroatoms. The normalized spacial score (nSPS) is 11.4. The number of nitrogens with zero attached hydrogens (tertiary/aromatic N) is 4. The number of pyridine rings is 1. The molecule has 3 aromatic heterocycles. The molecule has 8 aromatic rings. The molecule has 8 rings (SSSR count). The van der Waals surface area contributed by atoms with E-state index in [1.165, 1.54) is 20.2 Å². The second-order valence-electron chi connectivity index (χ2n) is 9.82. The number of fused-ring (bicyclic) bond motifs is 7. The molecule has 0 atom stereocenters. The quantitative estimate of drug-likeness (QED) is 0.226. The minimum atomic E-state index is 0.280. The summed E-state index contributed by atoms with van der Waals surface area (Å²) in [6, 6.07) is 41.9. The number of para-hydroxylation sites is 2. The van der Waals surface area contributed by atoms with Crippen LogP contribution in [0, 0.1) is 22.7 Å². The predicted molar refractivity (Wildman–Crippen MR) is 164 cm³/mol. The summed E-state index contributed by atoms with van der Waals surface area (Å²) in [6.45, 7) is 0. The Kier molecular flexibility index (Phi) is 4.79. The average Bonchev–Trinajstić information content (AvgIpc) is 3.55. The lowest BCUT2D eigenvalue weighted by Gasteiger charge is -2.12. The first kappa shape index (κ1) is 22.5. The molecule has 0 spiro atoms. The van der Waals surface area contributed by atoms with E-state index >= 15 is 0 Å². The van der Waals surface area contributed by atoms with Gasteiger partial charge in [-0.25, -0.2) is 4.98 Å². The molecule has 0 aliphatic heterocycles. The van der Waals surface area contributed by atoms with Gasteiger partial charge in [0.15, 0.2) is 5.82 Å². The van der Waals surface area contributed by atoms with Gasteiger partial charge in [0.05, 0.1) is 22.1 Å². The molecule has 0 fully saturated rings. The number of nitriles is 2. The van der Waals surface area contributed by atoms with Crippen LogP contribution in [0.2, 0.25) is 0 Å². The van der Waals surface area contributed by atoms with E-state index in [0.29, 0.717) is 22.3 Å². The number of hydrogen-bond acceptors (Lipinski definition) is 4. The number of aromatic nitrogens is 2. The van der Waals surface area contributed by atoms with Crippen molar-refractivity contribution in [1.29, 1.82) is 10.5 Å². The fourth-order valence-corrected chi connectivity index (χ4v) is 6.96. The zero-order chi connectivity index (χ0) is 26.8. The van der Waals surface area contributed by atoms with Crippen molar-refractivity contribution in [3.63, 3.8) is 0 Å². The minimum absolute atomic E-state index is 0.280. The van der Waals surface area contributed by atoms with Crippen molar-refractivity contribution >= 4 is 64.2 Å².